The van der Waals surface area contributed by atoms with E-state index in [1.165, 1.54) is 111 Å². The zero-order valence-corrected chi connectivity index (χ0v) is 64.5. The number of fused-ring (bicyclic) bond motifs is 15. The van der Waals surface area contributed by atoms with Crippen LogP contribution in [0.2, 0.25) is 0 Å². The van der Waals surface area contributed by atoms with Crippen molar-refractivity contribution in [3.8, 4) is 112 Å². The monoisotopic (exact) mass is 1460 g/mol. The van der Waals surface area contributed by atoms with Crippen LogP contribution in [-0.2, 0) is 16.2 Å². The van der Waals surface area contributed by atoms with Crippen molar-refractivity contribution < 1.29 is 0 Å². The van der Waals surface area contributed by atoms with Gasteiger partial charge in [0, 0.05) is 71.7 Å². The van der Waals surface area contributed by atoms with Crippen LogP contribution < -0.4 is 4.90 Å². The molecule has 0 saturated carbocycles. The van der Waals surface area contributed by atoms with Crippen LogP contribution in [0.25, 0.3) is 156 Å². The van der Waals surface area contributed by atoms with Crippen molar-refractivity contribution in [2.45, 2.75) is 57.8 Å². The summed E-state index contributed by atoms with van der Waals surface area (Å²) in [6.07, 6.45) is 0. The molecule has 16 aromatic carbocycles. The molecule has 19 aromatic rings. The molecule has 114 heavy (non-hydrogen) atoms. The fourth-order valence-electron chi connectivity index (χ4n) is 18.8. The van der Waals surface area contributed by atoms with Crippen molar-refractivity contribution in [3.05, 3.63) is 409 Å². The second-order valence-electron chi connectivity index (χ2n) is 32.3. The third-order valence-corrected chi connectivity index (χ3v) is 24.6. The molecule has 6 heteroatoms. The van der Waals surface area contributed by atoms with Crippen LogP contribution in [0, 0.1) is 0 Å². The fraction of sp³-hybridized carbons (Fsp3) is 0.0833. The van der Waals surface area contributed by atoms with Crippen molar-refractivity contribution in [3.63, 3.8) is 0 Å². The third kappa shape index (κ3) is 11.1. The van der Waals surface area contributed by atoms with E-state index in [9.17, 15) is 0 Å². The van der Waals surface area contributed by atoms with Gasteiger partial charge in [-0.2, -0.15) is 9.97 Å². The molecule has 22 rings (SSSR count). The molecule has 6 nitrogen and oxygen atoms in total. The molecule has 0 bridgehead atoms. The average molecular weight is 1460 g/mol. The lowest BCUT2D eigenvalue weighted by atomic mass is 9.82. The second-order valence-corrected chi connectivity index (χ2v) is 32.3. The fourth-order valence-corrected chi connectivity index (χ4v) is 18.8. The Morgan fingerprint density at radius 3 is 0.982 bits per heavy atom. The van der Waals surface area contributed by atoms with Gasteiger partial charge in [-0.25, -0.2) is 4.98 Å². The van der Waals surface area contributed by atoms with Crippen LogP contribution in [0.4, 0.5) is 17.1 Å². The molecule has 3 heterocycles. The van der Waals surface area contributed by atoms with E-state index in [0.717, 1.165) is 77.7 Å². The highest BCUT2D eigenvalue weighted by atomic mass is 15.2. The SMILES string of the molecule is CC1(C)c2ccccc2-c2cc3c4ccccc4n(-c4nc(-c5cc(-c6ccccc6)cc(-c6ccccc6)c5)nc(-c5cc(-c6ccccc6)cc(-c6ccccc6)c5)n4)c3cc21.CC1(C)c2ccccc2-c2ccc(N(c3ccccc3)c3ccc4c(c3)C(C)(C)c3cc5c(cc3-4)c3ccccc3n5-c3ccccc3)cc21. The first-order chi connectivity index (χ1) is 55.8. The first-order valence-electron chi connectivity index (χ1n) is 39.6. The summed E-state index contributed by atoms with van der Waals surface area (Å²) in [6, 6.07) is 136. The highest BCUT2D eigenvalue weighted by molar-refractivity contribution is 6.13. The molecule has 0 atom stereocenters. The van der Waals surface area contributed by atoms with E-state index in [1.54, 1.807) is 0 Å². The highest BCUT2D eigenvalue weighted by Gasteiger charge is 2.40. The normalized spacial score (nSPS) is 13.6. The largest absolute Gasteiger partial charge is 0.310 e. The van der Waals surface area contributed by atoms with Crippen molar-refractivity contribution >= 4 is 60.7 Å². The molecular formula is C108H80N6. The number of benzene rings is 16. The van der Waals surface area contributed by atoms with Gasteiger partial charge in [0.1, 0.15) is 0 Å². The summed E-state index contributed by atoms with van der Waals surface area (Å²) in [5.41, 5.74) is 35.6. The van der Waals surface area contributed by atoms with Crippen LogP contribution >= 0.6 is 0 Å². The first-order valence-corrected chi connectivity index (χ1v) is 39.6. The van der Waals surface area contributed by atoms with Gasteiger partial charge in [-0.05, 0) is 233 Å². The van der Waals surface area contributed by atoms with E-state index in [1.807, 2.05) is 0 Å². The zero-order valence-electron chi connectivity index (χ0n) is 64.5. The molecule has 3 aromatic heterocycles. The van der Waals surface area contributed by atoms with Gasteiger partial charge in [0.25, 0.3) is 0 Å². The van der Waals surface area contributed by atoms with Gasteiger partial charge in [-0.1, -0.05) is 296 Å². The summed E-state index contributed by atoms with van der Waals surface area (Å²) in [4.78, 5) is 18.9. The maximum atomic E-state index is 5.51. The molecule has 0 unspecified atom stereocenters. The predicted octanol–water partition coefficient (Wildman–Crippen LogP) is 28.1. The molecule has 0 fully saturated rings. The minimum Gasteiger partial charge on any atom is -0.310 e. The van der Waals surface area contributed by atoms with E-state index in [2.05, 4.69) is 432 Å². The van der Waals surface area contributed by atoms with Crippen molar-refractivity contribution in [1.82, 2.24) is 24.1 Å². The second kappa shape index (κ2) is 26.6. The van der Waals surface area contributed by atoms with Gasteiger partial charge in [-0.15, -0.1) is 0 Å². The van der Waals surface area contributed by atoms with E-state index in [-0.39, 0.29) is 16.2 Å². The van der Waals surface area contributed by atoms with Gasteiger partial charge < -0.3 is 9.47 Å². The lowest BCUT2D eigenvalue weighted by Crippen LogP contribution is -2.18. The molecule has 0 radical (unpaired) electrons. The summed E-state index contributed by atoms with van der Waals surface area (Å²) in [5.74, 6) is 1.76. The molecule has 3 aliphatic carbocycles. The minimum absolute atomic E-state index is 0.0709. The Hall–Kier alpha value is -14.1. The quantitative estimate of drug-likeness (QED) is 0.129. The van der Waals surface area contributed by atoms with Crippen molar-refractivity contribution in [1.29, 1.82) is 0 Å². The van der Waals surface area contributed by atoms with E-state index < -0.39 is 0 Å². The van der Waals surface area contributed by atoms with E-state index in [0.29, 0.717) is 17.6 Å². The Bertz CT molecular complexity index is 6770. The maximum absolute atomic E-state index is 5.51. The summed E-state index contributed by atoms with van der Waals surface area (Å²) in [6.45, 7) is 14.2. The highest BCUT2D eigenvalue weighted by Crippen LogP contribution is 2.56. The van der Waals surface area contributed by atoms with Crippen LogP contribution in [0.3, 0.4) is 0 Å². The molecule has 0 N–H and O–H groups in total. The summed E-state index contributed by atoms with van der Waals surface area (Å²) < 4.78 is 4.69. The van der Waals surface area contributed by atoms with Gasteiger partial charge in [0.15, 0.2) is 11.6 Å². The van der Waals surface area contributed by atoms with Crippen LogP contribution in [-0.4, -0.2) is 24.1 Å². The summed E-state index contributed by atoms with van der Waals surface area (Å²) in [5, 5.41) is 4.90. The molecule has 0 aliphatic heterocycles. The molecule has 0 spiro atoms. The smallest absolute Gasteiger partial charge is 0.238 e. The topological polar surface area (TPSA) is 51.8 Å². The number of aromatic nitrogens is 5. The first kappa shape index (κ1) is 68.0. The number of para-hydroxylation sites is 4. The standard InChI is InChI=1S/C60H42N4.C48H38N2/c1-60(2)53-29-17-15-27-49(53)51-37-52-50-28-16-18-30-55(50)64(56(52)38-54(51)60)59-62-57(47-33-43(39-19-7-3-8-20-39)31-44(34-47)40-21-9-4-10-22-40)61-58(63-59)48-35-45(41-23-11-5-12-24-41)32-46(36-48)42-25-13-6-14-26-42;1-47(2)41-21-13-11-19-35(41)36-25-23-33(27-42(36)47)49(31-15-7-5-8-16-31)34-24-26-37-39-29-40-38-20-12-14-22-45(38)50(32-17-9-6-10-18-32)46(40)30-44(39)48(3,4)43(37)28-34/h3-38H,1-2H3;5-30H,1-4H3. The summed E-state index contributed by atoms with van der Waals surface area (Å²) >= 11 is 0. The number of nitrogens with zero attached hydrogens (tertiary/aromatic N) is 6. The van der Waals surface area contributed by atoms with Crippen LogP contribution in [0.1, 0.15) is 74.9 Å². The van der Waals surface area contributed by atoms with Gasteiger partial charge in [0.05, 0.1) is 22.1 Å². The Kier molecular flexibility index (Phi) is 15.9. The Balaban J connectivity index is 0.000000148. The van der Waals surface area contributed by atoms with E-state index in [4.69, 9.17) is 15.0 Å². The zero-order chi connectivity index (χ0) is 76.6. The summed E-state index contributed by atoms with van der Waals surface area (Å²) in [7, 11) is 0. The lowest BCUT2D eigenvalue weighted by Gasteiger charge is -2.29. The van der Waals surface area contributed by atoms with Crippen LogP contribution in [0.5, 0.6) is 0 Å². The Labute approximate surface area is 664 Å². The number of hydrogen-bond donors (Lipinski definition) is 0. The van der Waals surface area contributed by atoms with Crippen molar-refractivity contribution in [2.24, 2.45) is 0 Å². The van der Waals surface area contributed by atoms with E-state index >= 15 is 0 Å². The Morgan fingerprint density at radius 1 is 0.211 bits per heavy atom. The average Bonchev–Trinajstić information content (AvgIpc) is 1.56. The van der Waals surface area contributed by atoms with Gasteiger partial charge in [0.2, 0.25) is 5.95 Å². The van der Waals surface area contributed by atoms with Crippen molar-refractivity contribution in [2.75, 3.05) is 4.90 Å². The molecule has 0 amide bonds. The molecule has 3 aliphatic rings. The van der Waals surface area contributed by atoms with Gasteiger partial charge in [-0.3, -0.25) is 4.57 Å². The minimum atomic E-state index is -0.186. The van der Waals surface area contributed by atoms with Crippen LogP contribution in [0.15, 0.2) is 376 Å². The third-order valence-electron chi connectivity index (χ3n) is 24.6. The predicted molar refractivity (Wildman–Crippen MR) is 475 cm³/mol. The number of rotatable bonds is 11. The lowest BCUT2D eigenvalue weighted by molar-refractivity contribution is 0.660. The number of hydrogen-bond acceptors (Lipinski definition) is 4. The Morgan fingerprint density at radius 2 is 0.535 bits per heavy atom. The number of anilines is 3. The maximum Gasteiger partial charge on any atom is 0.238 e. The van der Waals surface area contributed by atoms with Gasteiger partial charge >= 0.3 is 0 Å². The molecule has 0 saturated heterocycles. The molecule has 542 valence electrons. The molecular weight excluding hydrogens is 1380 g/mol.